The fourth-order valence-corrected chi connectivity index (χ4v) is 2.31. The van der Waals surface area contributed by atoms with Crippen LogP contribution in [0.25, 0.3) is 0 Å². The molecule has 0 aliphatic carbocycles. The van der Waals surface area contributed by atoms with Crippen molar-refractivity contribution in [3.63, 3.8) is 0 Å². The largest absolute Gasteiger partial charge is 0.454 e. The normalized spacial score (nSPS) is 14.2. The molecule has 1 aromatic rings. The van der Waals surface area contributed by atoms with Crippen molar-refractivity contribution in [3.8, 4) is 11.5 Å². The van der Waals surface area contributed by atoms with Crippen LogP contribution in [-0.4, -0.2) is 31.2 Å². The lowest BCUT2D eigenvalue weighted by atomic mass is 10.0. The molecule has 0 aromatic heterocycles. The molecule has 1 aliphatic rings. The summed E-state index contributed by atoms with van der Waals surface area (Å²) in [5.74, 6) is 1.67. The van der Waals surface area contributed by atoms with E-state index in [1.54, 1.807) is 4.90 Å². The lowest BCUT2D eigenvalue weighted by Gasteiger charge is -2.21. The Balaban J connectivity index is 1.93. The maximum absolute atomic E-state index is 12.2. The van der Waals surface area contributed by atoms with Gasteiger partial charge >= 0.3 is 0 Å². The van der Waals surface area contributed by atoms with Gasteiger partial charge in [0.05, 0.1) is 0 Å². The van der Waals surface area contributed by atoms with Gasteiger partial charge in [0.2, 0.25) is 12.7 Å². The molecule has 2 rings (SSSR count). The molecule has 0 bridgehead atoms. The van der Waals surface area contributed by atoms with Crippen LogP contribution in [0.2, 0.25) is 0 Å². The lowest BCUT2D eigenvalue weighted by Crippen LogP contribution is -2.31. The topological polar surface area (TPSA) is 64.8 Å². The lowest BCUT2D eigenvalue weighted by molar-refractivity contribution is -0.134. The van der Waals surface area contributed by atoms with Crippen LogP contribution in [0.3, 0.4) is 0 Å². The fourth-order valence-electron chi connectivity index (χ4n) is 2.31. The summed E-state index contributed by atoms with van der Waals surface area (Å²) >= 11 is 0. The first-order valence-electron chi connectivity index (χ1n) is 6.95. The highest BCUT2D eigenvalue weighted by atomic mass is 16.7. The molecule has 5 nitrogen and oxygen atoms in total. The summed E-state index contributed by atoms with van der Waals surface area (Å²) in [7, 11) is 1.83. The van der Waals surface area contributed by atoms with E-state index in [1.165, 1.54) is 0 Å². The molecule has 1 amide bonds. The minimum absolute atomic E-state index is 0.0116. The molecule has 1 heterocycles. The van der Waals surface area contributed by atoms with Gasteiger partial charge in [-0.1, -0.05) is 13.0 Å². The standard InChI is InChI=1S/C15H22N2O3/c1-11(4-3-7-16)15(18)17(2)9-12-5-6-13-14(8-12)20-10-19-13/h5-6,8,11H,3-4,7,9-10,16H2,1-2H3. The molecular weight excluding hydrogens is 256 g/mol. The van der Waals surface area contributed by atoms with Crippen molar-refractivity contribution < 1.29 is 14.3 Å². The van der Waals surface area contributed by atoms with Gasteiger partial charge in [-0.15, -0.1) is 0 Å². The van der Waals surface area contributed by atoms with Crippen LogP contribution in [0, 0.1) is 5.92 Å². The summed E-state index contributed by atoms with van der Waals surface area (Å²) in [4.78, 5) is 14.0. The maximum Gasteiger partial charge on any atom is 0.231 e. The minimum Gasteiger partial charge on any atom is -0.454 e. The average molecular weight is 278 g/mol. The van der Waals surface area contributed by atoms with Gasteiger partial charge in [0.25, 0.3) is 0 Å². The summed E-state index contributed by atoms with van der Waals surface area (Å²) in [6, 6.07) is 5.77. The highest BCUT2D eigenvalue weighted by Crippen LogP contribution is 2.32. The molecule has 0 saturated carbocycles. The highest BCUT2D eigenvalue weighted by Gasteiger charge is 2.18. The average Bonchev–Trinajstić information content (AvgIpc) is 2.91. The molecule has 0 saturated heterocycles. The van der Waals surface area contributed by atoms with Gasteiger partial charge in [-0.3, -0.25) is 4.79 Å². The van der Waals surface area contributed by atoms with Crippen LogP contribution in [0.1, 0.15) is 25.3 Å². The van der Waals surface area contributed by atoms with Crippen LogP contribution in [0.4, 0.5) is 0 Å². The van der Waals surface area contributed by atoms with Crippen molar-refractivity contribution in [2.24, 2.45) is 11.7 Å². The summed E-state index contributed by atoms with van der Waals surface area (Å²) < 4.78 is 10.6. The molecule has 0 fully saturated rings. The number of hydrogen-bond acceptors (Lipinski definition) is 4. The van der Waals surface area contributed by atoms with Crippen molar-refractivity contribution in [3.05, 3.63) is 23.8 Å². The minimum atomic E-state index is 0.0116. The zero-order valence-electron chi connectivity index (χ0n) is 12.1. The van der Waals surface area contributed by atoms with Gasteiger partial charge in [0.1, 0.15) is 0 Å². The second kappa shape index (κ2) is 6.61. The molecule has 1 atom stereocenters. The quantitative estimate of drug-likeness (QED) is 0.861. The molecule has 110 valence electrons. The number of amides is 1. The second-order valence-corrected chi connectivity index (χ2v) is 5.21. The summed E-state index contributed by atoms with van der Waals surface area (Å²) in [5, 5.41) is 0. The number of rotatable bonds is 6. The number of nitrogens with two attached hydrogens (primary N) is 1. The van der Waals surface area contributed by atoms with E-state index in [0.717, 1.165) is 29.9 Å². The Morgan fingerprint density at radius 3 is 2.90 bits per heavy atom. The second-order valence-electron chi connectivity index (χ2n) is 5.21. The molecule has 1 aromatic carbocycles. The monoisotopic (exact) mass is 278 g/mol. The molecule has 1 unspecified atom stereocenters. The van der Waals surface area contributed by atoms with Gasteiger partial charge in [0.15, 0.2) is 11.5 Å². The van der Waals surface area contributed by atoms with E-state index in [1.807, 2.05) is 32.2 Å². The van der Waals surface area contributed by atoms with Crippen LogP contribution in [-0.2, 0) is 11.3 Å². The van der Waals surface area contributed by atoms with Gasteiger partial charge in [-0.25, -0.2) is 0 Å². The maximum atomic E-state index is 12.2. The number of fused-ring (bicyclic) bond motifs is 1. The van der Waals surface area contributed by atoms with E-state index in [-0.39, 0.29) is 18.6 Å². The SMILES string of the molecule is CC(CCCN)C(=O)N(C)Cc1ccc2c(c1)OCO2. The van der Waals surface area contributed by atoms with Gasteiger partial charge in [0, 0.05) is 19.5 Å². The van der Waals surface area contributed by atoms with Gasteiger partial charge in [-0.05, 0) is 37.1 Å². The molecule has 0 radical (unpaired) electrons. The molecule has 0 spiro atoms. The first-order chi connectivity index (χ1) is 9.61. The first-order valence-corrected chi connectivity index (χ1v) is 6.95. The Morgan fingerprint density at radius 1 is 1.40 bits per heavy atom. The molecule has 5 heteroatoms. The van der Waals surface area contributed by atoms with E-state index >= 15 is 0 Å². The number of carbonyl (C=O) groups excluding carboxylic acids is 1. The zero-order valence-corrected chi connectivity index (χ0v) is 12.1. The Bertz CT molecular complexity index is 476. The summed E-state index contributed by atoms with van der Waals surface area (Å²) in [6.45, 7) is 3.42. The van der Waals surface area contributed by atoms with Crippen molar-refractivity contribution in [1.29, 1.82) is 0 Å². The van der Waals surface area contributed by atoms with E-state index in [9.17, 15) is 4.79 Å². The predicted molar refractivity (Wildman–Crippen MR) is 76.5 cm³/mol. The fraction of sp³-hybridized carbons (Fsp3) is 0.533. The Morgan fingerprint density at radius 2 is 2.15 bits per heavy atom. The summed E-state index contributed by atoms with van der Waals surface area (Å²) in [6.07, 6.45) is 1.71. The van der Waals surface area contributed by atoms with Crippen LogP contribution in [0.5, 0.6) is 11.5 Å². The van der Waals surface area contributed by atoms with Crippen molar-refractivity contribution in [1.82, 2.24) is 4.90 Å². The predicted octanol–water partition coefficient (Wildman–Crippen LogP) is 1.75. The number of carbonyl (C=O) groups is 1. The number of hydrogen-bond donors (Lipinski definition) is 1. The van der Waals surface area contributed by atoms with E-state index < -0.39 is 0 Å². The van der Waals surface area contributed by atoms with Crippen molar-refractivity contribution >= 4 is 5.91 Å². The first kappa shape index (κ1) is 14.7. The Kier molecular flexibility index (Phi) is 4.84. The Hall–Kier alpha value is -1.75. The Labute approximate surface area is 119 Å². The van der Waals surface area contributed by atoms with Crippen LogP contribution in [0.15, 0.2) is 18.2 Å². The number of ether oxygens (including phenoxy) is 2. The summed E-state index contributed by atoms with van der Waals surface area (Å²) in [5.41, 5.74) is 6.52. The zero-order chi connectivity index (χ0) is 14.5. The highest BCUT2D eigenvalue weighted by molar-refractivity contribution is 5.78. The van der Waals surface area contributed by atoms with Gasteiger partial charge in [-0.2, -0.15) is 0 Å². The number of benzene rings is 1. The smallest absolute Gasteiger partial charge is 0.231 e. The van der Waals surface area contributed by atoms with Crippen LogP contribution < -0.4 is 15.2 Å². The number of nitrogens with zero attached hydrogens (tertiary/aromatic N) is 1. The van der Waals surface area contributed by atoms with Gasteiger partial charge < -0.3 is 20.1 Å². The molecule has 2 N–H and O–H groups in total. The van der Waals surface area contributed by atoms with Crippen LogP contribution >= 0.6 is 0 Å². The molecule has 20 heavy (non-hydrogen) atoms. The third-order valence-electron chi connectivity index (χ3n) is 3.50. The van der Waals surface area contributed by atoms with E-state index in [4.69, 9.17) is 15.2 Å². The molecular formula is C15H22N2O3. The third kappa shape index (κ3) is 3.42. The van der Waals surface area contributed by atoms with Crippen molar-refractivity contribution in [2.45, 2.75) is 26.3 Å². The van der Waals surface area contributed by atoms with E-state index in [0.29, 0.717) is 13.1 Å². The third-order valence-corrected chi connectivity index (χ3v) is 3.50. The van der Waals surface area contributed by atoms with Crippen molar-refractivity contribution in [2.75, 3.05) is 20.4 Å². The molecule has 1 aliphatic heterocycles. The van der Waals surface area contributed by atoms with E-state index in [2.05, 4.69) is 0 Å².